The Morgan fingerprint density at radius 1 is 1.28 bits per heavy atom. The van der Waals surface area contributed by atoms with E-state index in [9.17, 15) is 4.79 Å². The van der Waals surface area contributed by atoms with E-state index in [1.54, 1.807) is 22.0 Å². The number of hydrogen-bond donors (Lipinski definition) is 0. The molecule has 4 aromatic rings. The van der Waals surface area contributed by atoms with E-state index >= 15 is 0 Å². The predicted octanol–water partition coefficient (Wildman–Crippen LogP) is 5.39. The van der Waals surface area contributed by atoms with Crippen LogP contribution < -0.4 is 4.90 Å². The number of benzene rings is 1. The lowest BCUT2D eigenvalue weighted by molar-refractivity contribution is 0.0973. The summed E-state index contributed by atoms with van der Waals surface area (Å²) in [5.74, 6) is -0.124. The molecule has 0 unspecified atom stereocenters. The van der Waals surface area contributed by atoms with Gasteiger partial charge in [-0.25, -0.2) is 4.98 Å². The summed E-state index contributed by atoms with van der Waals surface area (Å²) in [6, 6.07) is 11.7. The molecule has 0 bridgehead atoms. The molecule has 0 fully saturated rings. The first-order valence-electron chi connectivity index (χ1n) is 9.25. The number of aryl methyl sites for hydroxylation is 1. The van der Waals surface area contributed by atoms with Crippen molar-refractivity contribution in [3.05, 3.63) is 70.2 Å². The maximum Gasteiger partial charge on any atom is 0.278 e. The van der Waals surface area contributed by atoms with E-state index in [2.05, 4.69) is 26.0 Å². The molecule has 148 valence electrons. The summed E-state index contributed by atoms with van der Waals surface area (Å²) in [4.78, 5) is 24.3. The van der Waals surface area contributed by atoms with Crippen molar-refractivity contribution in [2.45, 2.75) is 33.4 Å². The molecule has 0 aliphatic rings. The van der Waals surface area contributed by atoms with Gasteiger partial charge in [0.15, 0.2) is 5.13 Å². The first-order chi connectivity index (χ1) is 13.9. The number of halogens is 1. The third kappa shape index (κ3) is 4.09. The fraction of sp³-hybridized carbons (Fsp3) is 0.238. The minimum Gasteiger partial charge on any atom is -0.278 e. The predicted molar refractivity (Wildman–Crippen MR) is 119 cm³/mol. The van der Waals surface area contributed by atoms with Crippen molar-refractivity contribution >= 4 is 48.5 Å². The van der Waals surface area contributed by atoms with Crippen molar-refractivity contribution in [1.82, 2.24) is 19.7 Å². The van der Waals surface area contributed by atoms with E-state index < -0.39 is 0 Å². The van der Waals surface area contributed by atoms with Crippen LogP contribution in [-0.4, -0.2) is 25.7 Å². The van der Waals surface area contributed by atoms with Crippen LogP contribution >= 0.6 is 27.3 Å². The van der Waals surface area contributed by atoms with Crippen molar-refractivity contribution in [2.75, 3.05) is 4.90 Å². The summed E-state index contributed by atoms with van der Waals surface area (Å²) in [5, 5.41) is 5.16. The Morgan fingerprint density at radius 3 is 2.83 bits per heavy atom. The zero-order chi connectivity index (χ0) is 20.5. The molecule has 0 radical (unpaired) electrons. The molecule has 0 saturated carbocycles. The van der Waals surface area contributed by atoms with Crippen LogP contribution in [0.2, 0.25) is 0 Å². The Bertz CT molecular complexity index is 1170. The molecule has 1 aromatic carbocycles. The number of amides is 1. The Balaban J connectivity index is 1.80. The van der Waals surface area contributed by atoms with Crippen molar-refractivity contribution in [1.29, 1.82) is 0 Å². The Kier molecular flexibility index (Phi) is 5.47. The SMILES string of the molecule is Cc1cc(C(=O)N(Cc2cccnc2)c2nc3ccc(Br)cc3s2)n(C(C)C)n1. The van der Waals surface area contributed by atoms with Crippen LogP contribution in [0.15, 0.2) is 53.3 Å². The number of nitrogens with zero attached hydrogens (tertiary/aromatic N) is 5. The van der Waals surface area contributed by atoms with Gasteiger partial charge in [-0.15, -0.1) is 0 Å². The minimum atomic E-state index is -0.124. The fourth-order valence-electron chi connectivity index (χ4n) is 3.11. The molecule has 0 saturated heterocycles. The van der Waals surface area contributed by atoms with Crippen molar-refractivity contribution in [3.63, 3.8) is 0 Å². The third-order valence-corrected chi connectivity index (χ3v) is 5.98. The smallest absolute Gasteiger partial charge is 0.278 e. The molecule has 1 amide bonds. The molecule has 6 nitrogen and oxygen atoms in total. The Morgan fingerprint density at radius 2 is 2.10 bits per heavy atom. The number of aromatic nitrogens is 4. The summed E-state index contributed by atoms with van der Waals surface area (Å²) in [7, 11) is 0. The second-order valence-electron chi connectivity index (χ2n) is 7.07. The average molecular weight is 470 g/mol. The zero-order valence-electron chi connectivity index (χ0n) is 16.3. The number of hydrogen-bond acceptors (Lipinski definition) is 5. The first kappa shape index (κ1) is 19.7. The fourth-order valence-corrected chi connectivity index (χ4v) is 4.63. The monoisotopic (exact) mass is 469 g/mol. The van der Waals surface area contributed by atoms with E-state index in [4.69, 9.17) is 4.98 Å². The Hall–Kier alpha value is -2.58. The maximum atomic E-state index is 13.6. The lowest BCUT2D eigenvalue weighted by Gasteiger charge is -2.21. The number of carbonyl (C=O) groups is 1. The lowest BCUT2D eigenvalue weighted by atomic mass is 10.2. The molecule has 0 atom stereocenters. The third-order valence-electron chi connectivity index (χ3n) is 4.44. The van der Waals surface area contributed by atoms with Gasteiger partial charge in [0.05, 0.1) is 22.5 Å². The van der Waals surface area contributed by atoms with Gasteiger partial charge in [-0.2, -0.15) is 5.10 Å². The Labute approximate surface area is 181 Å². The lowest BCUT2D eigenvalue weighted by Crippen LogP contribution is -2.32. The van der Waals surface area contributed by atoms with Gasteiger partial charge in [0, 0.05) is 22.9 Å². The van der Waals surface area contributed by atoms with Gasteiger partial charge in [0.2, 0.25) is 0 Å². The van der Waals surface area contributed by atoms with Crippen LogP contribution in [0.1, 0.15) is 41.6 Å². The minimum absolute atomic E-state index is 0.0780. The molecule has 8 heteroatoms. The molecule has 3 heterocycles. The maximum absolute atomic E-state index is 13.6. The zero-order valence-corrected chi connectivity index (χ0v) is 18.7. The number of anilines is 1. The summed E-state index contributed by atoms with van der Waals surface area (Å²) in [6.45, 7) is 6.32. The van der Waals surface area contributed by atoms with Gasteiger partial charge in [0.1, 0.15) is 5.69 Å². The van der Waals surface area contributed by atoms with Gasteiger partial charge in [-0.3, -0.25) is 19.4 Å². The molecule has 3 aromatic heterocycles. The summed E-state index contributed by atoms with van der Waals surface area (Å²) in [5.41, 5.74) is 3.18. The average Bonchev–Trinajstić information content (AvgIpc) is 3.29. The van der Waals surface area contributed by atoms with Gasteiger partial charge in [-0.1, -0.05) is 33.3 Å². The summed E-state index contributed by atoms with van der Waals surface area (Å²) >= 11 is 5.00. The van der Waals surface area contributed by atoms with E-state index in [1.807, 2.05) is 57.2 Å². The number of pyridine rings is 1. The standard InChI is InChI=1S/C21H20BrN5OS/c1-13(2)27-18(9-14(3)25-27)20(28)26(12-15-5-4-8-23-11-15)21-24-17-7-6-16(22)10-19(17)29-21/h4-11,13H,12H2,1-3H3. The van der Waals surface area contributed by atoms with Crippen molar-refractivity contribution in [2.24, 2.45) is 0 Å². The molecule has 4 rings (SSSR count). The molecule has 0 aliphatic heterocycles. The largest absolute Gasteiger partial charge is 0.278 e. The van der Waals surface area contributed by atoms with Crippen LogP contribution in [0.3, 0.4) is 0 Å². The van der Waals surface area contributed by atoms with Crippen LogP contribution in [0.5, 0.6) is 0 Å². The molecular weight excluding hydrogens is 450 g/mol. The van der Waals surface area contributed by atoms with Gasteiger partial charge >= 0.3 is 0 Å². The normalized spacial score (nSPS) is 11.3. The second-order valence-corrected chi connectivity index (χ2v) is 9.00. The van der Waals surface area contributed by atoms with Crippen LogP contribution in [0.4, 0.5) is 5.13 Å². The first-order valence-corrected chi connectivity index (χ1v) is 10.9. The van der Waals surface area contributed by atoms with Gasteiger partial charge in [0.25, 0.3) is 5.91 Å². The highest BCUT2D eigenvalue weighted by Crippen LogP contribution is 2.32. The van der Waals surface area contributed by atoms with Crippen LogP contribution in [0.25, 0.3) is 10.2 Å². The van der Waals surface area contributed by atoms with Crippen molar-refractivity contribution in [3.8, 4) is 0 Å². The number of rotatable bonds is 5. The van der Waals surface area contributed by atoms with E-state index in [1.165, 1.54) is 11.3 Å². The topological polar surface area (TPSA) is 63.9 Å². The molecule has 0 N–H and O–H groups in total. The highest BCUT2D eigenvalue weighted by Gasteiger charge is 2.26. The highest BCUT2D eigenvalue weighted by atomic mass is 79.9. The van der Waals surface area contributed by atoms with Gasteiger partial charge in [-0.05, 0) is 56.7 Å². The summed E-state index contributed by atoms with van der Waals surface area (Å²) in [6.07, 6.45) is 3.50. The molecule has 29 heavy (non-hydrogen) atoms. The summed E-state index contributed by atoms with van der Waals surface area (Å²) < 4.78 is 3.78. The quantitative estimate of drug-likeness (QED) is 0.393. The van der Waals surface area contributed by atoms with Crippen molar-refractivity contribution < 1.29 is 4.79 Å². The van der Waals surface area contributed by atoms with E-state index in [0.717, 1.165) is 25.9 Å². The number of thiazole rings is 1. The van der Waals surface area contributed by atoms with E-state index in [0.29, 0.717) is 17.4 Å². The second kappa shape index (κ2) is 8.04. The number of fused-ring (bicyclic) bond motifs is 1. The van der Waals surface area contributed by atoms with E-state index in [-0.39, 0.29) is 11.9 Å². The number of carbonyl (C=O) groups excluding carboxylic acids is 1. The molecule has 0 aliphatic carbocycles. The van der Waals surface area contributed by atoms with Gasteiger partial charge < -0.3 is 0 Å². The highest BCUT2D eigenvalue weighted by molar-refractivity contribution is 9.10. The molecule has 0 spiro atoms. The molecular formula is C21H20BrN5OS. The van der Waals surface area contributed by atoms with Crippen LogP contribution in [0, 0.1) is 6.92 Å². The van der Waals surface area contributed by atoms with Crippen LogP contribution in [-0.2, 0) is 6.54 Å².